The summed E-state index contributed by atoms with van der Waals surface area (Å²) in [6.45, 7) is 0.0324. The fraction of sp³-hybridized carbons (Fsp3) is 0.133. The average molecular weight is 311 g/mol. The number of hydrogen-bond donors (Lipinski definition) is 1. The molecule has 0 radical (unpaired) electrons. The molecule has 0 saturated carbocycles. The van der Waals surface area contributed by atoms with Gasteiger partial charge in [-0.05, 0) is 17.7 Å². The molecule has 0 spiro atoms. The molecule has 2 aromatic rings. The standard InChI is InChI=1S/C15H12F3NOS/c16-15(17,18)12-3-1-2-4-13(12)20-9-10-5-7-11(8-6-10)14(19)21/h1-8H,9H2,(H2,19,21). The molecule has 0 heterocycles. The van der Waals surface area contributed by atoms with Crippen molar-refractivity contribution in [3.05, 3.63) is 65.2 Å². The van der Waals surface area contributed by atoms with Gasteiger partial charge in [0.15, 0.2) is 0 Å². The highest BCUT2D eigenvalue weighted by molar-refractivity contribution is 7.80. The normalized spacial score (nSPS) is 11.2. The molecule has 0 amide bonds. The van der Waals surface area contributed by atoms with Crippen molar-refractivity contribution in [2.24, 2.45) is 5.73 Å². The molecular formula is C15H12F3NOS. The zero-order chi connectivity index (χ0) is 15.5. The second-order valence-corrected chi connectivity index (χ2v) is 4.78. The molecule has 0 unspecified atom stereocenters. The summed E-state index contributed by atoms with van der Waals surface area (Å²) >= 11 is 4.83. The maximum Gasteiger partial charge on any atom is 0.419 e. The maximum absolute atomic E-state index is 12.8. The molecule has 110 valence electrons. The lowest BCUT2D eigenvalue weighted by molar-refractivity contribution is -0.139. The number of ether oxygens (including phenoxy) is 1. The van der Waals surface area contributed by atoms with Gasteiger partial charge in [0.25, 0.3) is 0 Å². The summed E-state index contributed by atoms with van der Waals surface area (Å²) in [5.41, 5.74) is 6.11. The molecule has 0 fully saturated rings. The maximum atomic E-state index is 12.8. The Labute approximate surface area is 125 Å². The second-order valence-electron chi connectivity index (χ2n) is 4.34. The van der Waals surface area contributed by atoms with Crippen LogP contribution in [0, 0.1) is 0 Å². The lowest BCUT2D eigenvalue weighted by Gasteiger charge is -2.13. The van der Waals surface area contributed by atoms with Gasteiger partial charge in [-0.3, -0.25) is 0 Å². The van der Waals surface area contributed by atoms with Crippen molar-refractivity contribution < 1.29 is 17.9 Å². The molecule has 2 N–H and O–H groups in total. The molecule has 0 atom stereocenters. The molecule has 0 aliphatic rings. The van der Waals surface area contributed by atoms with Crippen molar-refractivity contribution >= 4 is 17.2 Å². The molecular weight excluding hydrogens is 299 g/mol. The third-order valence-electron chi connectivity index (χ3n) is 2.83. The van der Waals surface area contributed by atoms with Gasteiger partial charge in [-0.1, -0.05) is 48.6 Å². The topological polar surface area (TPSA) is 35.2 Å². The van der Waals surface area contributed by atoms with Crippen molar-refractivity contribution in [3.63, 3.8) is 0 Å². The quantitative estimate of drug-likeness (QED) is 0.869. The summed E-state index contributed by atoms with van der Waals surface area (Å²) in [6.07, 6.45) is -4.44. The van der Waals surface area contributed by atoms with Gasteiger partial charge in [-0.25, -0.2) is 0 Å². The van der Waals surface area contributed by atoms with Crippen molar-refractivity contribution in [2.75, 3.05) is 0 Å². The van der Waals surface area contributed by atoms with Crippen molar-refractivity contribution in [1.29, 1.82) is 0 Å². The molecule has 2 aromatic carbocycles. The largest absolute Gasteiger partial charge is 0.488 e. The summed E-state index contributed by atoms with van der Waals surface area (Å²) in [4.78, 5) is 0.268. The summed E-state index contributed by atoms with van der Waals surface area (Å²) in [5, 5.41) is 0. The monoisotopic (exact) mass is 311 g/mol. The number of para-hydroxylation sites is 1. The van der Waals surface area contributed by atoms with Crippen LogP contribution in [0.25, 0.3) is 0 Å². The van der Waals surface area contributed by atoms with Crippen LogP contribution in [0.2, 0.25) is 0 Å². The first-order chi connectivity index (χ1) is 9.88. The van der Waals surface area contributed by atoms with Crippen molar-refractivity contribution in [3.8, 4) is 5.75 Å². The number of alkyl halides is 3. The highest BCUT2D eigenvalue weighted by Crippen LogP contribution is 2.36. The van der Waals surface area contributed by atoms with E-state index in [0.717, 1.165) is 11.6 Å². The van der Waals surface area contributed by atoms with E-state index in [0.29, 0.717) is 5.56 Å². The molecule has 2 rings (SSSR count). The second kappa shape index (κ2) is 6.13. The number of thiocarbonyl (C=S) groups is 1. The predicted octanol–water partition coefficient (Wildman–Crippen LogP) is 3.92. The van der Waals surface area contributed by atoms with E-state index in [1.807, 2.05) is 0 Å². The first kappa shape index (κ1) is 15.3. The van der Waals surface area contributed by atoms with Crippen LogP contribution in [-0.2, 0) is 12.8 Å². The number of halogens is 3. The van der Waals surface area contributed by atoms with E-state index >= 15 is 0 Å². The van der Waals surface area contributed by atoms with E-state index in [4.69, 9.17) is 22.7 Å². The van der Waals surface area contributed by atoms with Crippen molar-refractivity contribution in [2.45, 2.75) is 12.8 Å². The lowest BCUT2D eigenvalue weighted by Crippen LogP contribution is -2.10. The Hall–Kier alpha value is -2.08. The Morgan fingerprint density at radius 2 is 1.67 bits per heavy atom. The summed E-state index contributed by atoms with van der Waals surface area (Å²) in [7, 11) is 0. The first-order valence-electron chi connectivity index (χ1n) is 6.05. The van der Waals surface area contributed by atoms with Gasteiger partial charge in [0.1, 0.15) is 17.3 Å². The van der Waals surface area contributed by atoms with E-state index < -0.39 is 11.7 Å². The van der Waals surface area contributed by atoms with Crippen LogP contribution >= 0.6 is 12.2 Å². The Morgan fingerprint density at radius 3 is 2.24 bits per heavy atom. The molecule has 0 aromatic heterocycles. The van der Waals surface area contributed by atoms with E-state index in [9.17, 15) is 13.2 Å². The van der Waals surface area contributed by atoms with E-state index in [-0.39, 0.29) is 17.3 Å². The minimum Gasteiger partial charge on any atom is -0.488 e. The third kappa shape index (κ3) is 3.95. The minimum absolute atomic E-state index is 0.0324. The number of benzene rings is 2. The van der Waals surface area contributed by atoms with Crippen molar-refractivity contribution in [1.82, 2.24) is 0 Å². The molecule has 0 aliphatic heterocycles. The lowest BCUT2D eigenvalue weighted by atomic mass is 10.1. The van der Waals surface area contributed by atoms with Crippen LogP contribution in [0.1, 0.15) is 16.7 Å². The molecule has 6 heteroatoms. The Morgan fingerprint density at radius 1 is 1.05 bits per heavy atom. The van der Waals surface area contributed by atoms with Crippen LogP contribution in [-0.4, -0.2) is 4.99 Å². The zero-order valence-electron chi connectivity index (χ0n) is 10.9. The molecule has 21 heavy (non-hydrogen) atoms. The number of rotatable bonds is 4. The Bertz CT molecular complexity index is 638. The van der Waals surface area contributed by atoms with Crippen LogP contribution in [0.3, 0.4) is 0 Å². The zero-order valence-corrected chi connectivity index (χ0v) is 11.7. The summed E-state index contributed by atoms with van der Waals surface area (Å²) < 4.78 is 43.7. The molecule has 0 aliphatic carbocycles. The van der Waals surface area contributed by atoms with Gasteiger partial charge in [-0.15, -0.1) is 0 Å². The number of nitrogens with two attached hydrogens (primary N) is 1. The van der Waals surface area contributed by atoms with Gasteiger partial charge in [0.2, 0.25) is 0 Å². The SMILES string of the molecule is NC(=S)c1ccc(COc2ccccc2C(F)(F)F)cc1. The van der Waals surface area contributed by atoms with Crippen LogP contribution < -0.4 is 10.5 Å². The molecule has 0 saturated heterocycles. The van der Waals surface area contributed by atoms with Crippen LogP contribution in [0.15, 0.2) is 48.5 Å². The summed E-state index contributed by atoms with van der Waals surface area (Å²) in [6, 6.07) is 12.0. The Balaban J connectivity index is 2.12. The Kier molecular flexibility index (Phi) is 4.47. The van der Waals surface area contributed by atoms with E-state index in [2.05, 4.69) is 0 Å². The highest BCUT2D eigenvalue weighted by atomic mass is 32.1. The minimum atomic E-state index is -4.44. The van der Waals surface area contributed by atoms with Gasteiger partial charge >= 0.3 is 6.18 Å². The fourth-order valence-corrected chi connectivity index (χ4v) is 1.89. The van der Waals surface area contributed by atoms with Crippen LogP contribution in [0.5, 0.6) is 5.75 Å². The highest BCUT2D eigenvalue weighted by Gasteiger charge is 2.33. The predicted molar refractivity (Wildman–Crippen MR) is 78.1 cm³/mol. The third-order valence-corrected chi connectivity index (χ3v) is 3.06. The van der Waals surface area contributed by atoms with Gasteiger partial charge in [0, 0.05) is 5.56 Å². The van der Waals surface area contributed by atoms with E-state index in [1.54, 1.807) is 24.3 Å². The van der Waals surface area contributed by atoms with Gasteiger partial charge in [-0.2, -0.15) is 13.2 Å². The molecule has 2 nitrogen and oxygen atoms in total. The van der Waals surface area contributed by atoms with Gasteiger partial charge < -0.3 is 10.5 Å². The average Bonchev–Trinajstić information content (AvgIpc) is 2.45. The number of hydrogen-bond acceptors (Lipinski definition) is 2. The molecule has 0 bridgehead atoms. The van der Waals surface area contributed by atoms with E-state index in [1.165, 1.54) is 18.2 Å². The smallest absolute Gasteiger partial charge is 0.419 e. The first-order valence-corrected chi connectivity index (χ1v) is 6.46. The summed E-state index contributed by atoms with van der Waals surface area (Å²) in [5.74, 6) is -0.191. The van der Waals surface area contributed by atoms with Crippen LogP contribution in [0.4, 0.5) is 13.2 Å². The van der Waals surface area contributed by atoms with Gasteiger partial charge in [0.05, 0.1) is 5.56 Å². The fourth-order valence-electron chi connectivity index (χ4n) is 1.75.